The molecule has 22 heavy (non-hydrogen) atoms. The third-order valence-corrected chi connectivity index (χ3v) is 4.06. The van der Waals surface area contributed by atoms with Crippen LogP contribution in [0.4, 0.5) is 5.69 Å². The van der Waals surface area contributed by atoms with Gasteiger partial charge in [-0.2, -0.15) is 5.10 Å². The molecule has 4 heteroatoms. The minimum absolute atomic E-state index is 0.0180. The molecule has 0 atom stereocenters. The maximum atomic E-state index is 12.4. The molecule has 1 aromatic heterocycles. The van der Waals surface area contributed by atoms with E-state index in [1.165, 1.54) is 0 Å². The first-order chi connectivity index (χ1) is 10.6. The maximum absolute atomic E-state index is 12.4. The number of nitrogens with zero attached hydrogens (tertiary/aromatic N) is 2. The Labute approximate surface area is 129 Å². The van der Waals surface area contributed by atoms with Crippen molar-refractivity contribution >= 4 is 22.4 Å². The second kappa shape index (κ2) is 5.64. The summed E-state index contributed by atoms with van der Waals surface area (Å²) in [6.45, 7) is 3.92. The van der Waals surface area contributed by atoms with Crippen molar-refractivity contribution in [1.82, 2.24) is 9.78 Å². The molecule has 2 aromatic carbocycles. The Kier molecular flexibility index (Phi) is 3.67. The average Bonchev–Trinajstić information content (AvgIpc) is 2.74. The first-order valence-corrected chi connectivity index (χ1v) is 7.33. The highest BCUT2D eigenvalue weighted by Gasteiger charge is 2.14. The molecular weight excluding hydrogens is 274 g/mol. The number of aromatic nitrogens is 2. The van der Waals surface area contributed by atoms with Crippen LogP contribution in [0.3, 0.4) is 0 Å². The number of nitrogens with one attached hydrogen (secondary N) is 1. The van der Waals surface area contributed by atoms with Gasteiger partial charge in [0, 0.05) is 29.4 Å². The fourth-order valence-corrected chi connectivity index (χ4v) is 2.76. The predicted molar refractivity (Wildman–Crippen MR) is 89.0 cm³/mol. The third-order valence-electron chi connectivity index (χ3n) is 4.06. The van der Waals surface area contributed by atoms with Crippen molar-refractivity contribution in [2.75, 3.05) is 5.32 Å². The fourth-order valence-electron chi connectivity index (χ4n) is 2.76. The van der Waals surface area contributed by atoms with E-state index in [1.54, 1.807) is 0 Å². The van der Waals surface area contributed by atoms with E-state index in [4.69, 9.17) is 0 Å². The van der Waals surface area contributed by atoms with Crippen LogP contribution >= 0.6 is 0 Å². The van der Waals surface area contributed by atoms with Gasteiger partial charge < -0.3 is 5.32 Å². The molecule has 3 aromatic rings. The molecule has 0 fully saturated rings. The zero-order valence-corrected chi connectivity index (χ0v) is 13.1. The number of hydrogen-bond acceptors (Lipinski definition) is 2. The highest BCUT2D eigenvalue weighted by Crippen LogP contribution is 2.23. The second-order valence-corrected chi connectivity index (χ2v) is 5.52. The standard InChI is InChI=1S/C18H19N3O/c1-12-16(13(2)21(3)20-12)11-18(22)19-17-10-6-8-14-7-4-5-9-15(14)17/h4-10H,11H2,1-3H3,(H,19,22). The van der Waals surface area contributed by atoms with Gasteiger partial charge in [-0.1, -0.05) is 36.4 Å². The van der Waals surface area contributed by atoms with E-state index in [0.717, 1.165) is 33.4 Å². The molecule has 1 heterocycles. The Balaban J connectivity index is 1.85. The molecule has 4 nitrogen and oxygen atoms in total. The zero-order chi connectivity index (χ0) is 15.7. The van der Waals surface area contributed by atoms with E-state index in [0.29, 0.717) is 6.42 Å². The largest absolute Gasteiger partial charge is 0.325 e. The molecule has 0 spiro atoms. The molecule has 1 N–H and O–H groups in total. The number of rotatable bonds is 3. The van der Waals surface area contributed by atoms with E-state index < -0.39 is 0 Å². The molecule has 0 bridgehead atoms. The minimum Gasteiger partial charge on any atom is -0.325 e. The van der Waals surface area contributed by atoms with Crippen LogP contribution in [0.1, 0.15) is 17.0 Å². The van der Waals surface area contributed by atoms with Crippen LogP contribution in [-0.2, 0) is 18.3 Å². The number of carbonyl (C=O) groups excluding carboxylic acids is 1. The summed E-state index contributed by atoms with van der Waals surface area (Å²) in [6.07, 6.45) is 0.342. The van der Waals surface area contributed by atoms with Crippen LogP contribution < -0.4 is 5.32 Å². The summed E-state index contributed by atoms with van der Waals surface area (Å²) < 4.78 is 1.82. The molecular formula is C18H19N3O. The number of fused-ring (bicyclic) bond motifs is 1. The maximum Gasteiger partial charge on any atom is 0.228 e. The van der Waals surface area contributed by atoms with Crippen LogP contribution in [0, 0.1) is 13.8 Å². The Morgan fingerprint density at radius 3 is 2.59 bits per heavy atom. The van der Waals surface area contributed by atoms with E-state index >= 15 is 0 Å². The fraction of sp³-hybridized carbons (Fsp3) is 0.222. The van der Waals surface area contributed by atoms with E-state index in [2.05, 4.69) is 10.4 Å². The molecule has 0 aliphatic carbocycles. The van der Waals surface area contributed by atoms with Gasteiger partial charge in [0.15, 0.2) is 0 Å². The molecule has 3 rings (SSSR count). The van der Waals surface area contributed by atoms with Gasteiger partial charge in [0.1, 0.15) is 0 Å². The van der Waals surface area contributed by atoms with Gasteiger partial charge in [0.2, 0.25) is 5.91 Å². The van der Waals surface area contributed by atoms with Crippen molar-refractivity contribution in [1.29, 1.82) is 0 Å². The molecule has 0 saturated carbocycles. The van der Waals surface area contributed by atoms with Crippen molar-refractivity contribution < 1.29 is 4.79 Å². The number of anilines is 1. The van der Waals surface area contributed by atoms with E-state index in [-0.39, 0.29) is 5.91 Å². The van der Waals surface area contributed by atoms with Crippen molar-refractivity contribution in [2.24, 2.45) is 7.05 Å². The van der Waals surface area contributed by atoms with Gasteiger partial charge in [0.05, 0.1) is 12.1 Å². The molecule has 0 unspecified atom stereocenters. The number of amides is 1. The quantitative estimate of drug-likeness (QED) is 0.805. The van der Waals surface area contributed by atoms with Crippen LogP contribution in [0.25, 0.3) is 10.8 Å². The van der Waals surface area contributed by atoms with Crippen molar-refractivity contribution in [3.05, 3.63) is 59.4 Å². The van der Waals surface area contributed by atoms with Gasteiger partial charge >= 0.3 is 0 Å². The van der Waals surface area contributed by atoms with E-state index in [9.17, 15) is 4.79 Å². The van der Waals surface area contributed by atoms with Crippen molar-refractivity contribution in [3.8, 4) is 0 Å². The molecule has 1 amide bonds. The van der Waals surface area contributed by atoms with Gasteiger partial charge in [0.25, 0.3) is 0 Å². The summed E-state index contributed by atoms with van der Waals surface area (Å²) in [6, 6.07) is 14.0. The third kappa shape index (κ3) is 2.60. The molecule has 0 saturated heterocycles. The number of benzene rings is 2. The van der Waals surface area contributed by atoms with Gasteiger partial charge in [-0.15, -0.1) is 0 Å². The average molecular weight is 293 g/mol. The lowest BCUT2D eigenvalue weighted by Crippen LogP contribution is -2.15. The molecule has 0 aliphatic heterocycles. The van der Waals surface area contributed by atoms with E-state index in [1.807, 2.05) is 68.0 Å². The van der Waals surface area contributed by atoms with Crippen LogP contribution in [0.15, 0.2) is 42.5 Å². The zero-order valence-electron chi connectivity index (χ0n) is 13.1. The second-order valence-electron chi connectivity index (χ2n) is 5.52. The topological polar surface area (TPSA) is 46.9 Å². The van der Waals surface area contributed by atoms with Gasteiger partial charge in [-0.05, 0) is 25.3 Å². The first-order valence-electron chi connectivity index (χ1n) is 7.33. The summed E-state index contributed by atoms with van der Waals surface area (Å²) in [5.41, 5.74) is 3.79. The highest BCUT2D eigenvalue weighted by molar-refractivity contribution is 6.02. The lowest BCUT2D eigenvalue weighted by Gasteiger charge is -2.09. The Bertz CT molecular complexity index is 843. The van der Waals surface area contributed by atoms with Crippen LogP contribution in [-0.4, -0.2) is 15.7 Å². The van der Waals surface area contributed by atoms with Gasteiger partial charge in [-0.25, -0.2) is 0 Å². The lowest BCUT2D eigenvalue weighted by atomic mass is 10.1. The number of aryl methyl sites for hydroxylation is 2. The number of hydrogen-bond donors (Lipinski definition) is 1. The van der Waals surface area contributed by atoms with Crippen LogP contribution in [0.2, 0.25) is 0 Å². The van der Waals surface area contributed by atoms with Crippen molar-refractivity contribution in [3.63, 3.8) is 0 Å². The number of carbonyl (C=O) groups is 1. The first kappa shape index (κ1) is 14.3. The summed E-state index contributed by atoms with van der Waals surface area (Å²) in [4.78, 5) is 12.4. The normalized spacial score (nSPS) is 10.9. The van der Waals surface area contributed by atoms with Crippen molar-refractivity contribution in [2.45, 2.75) is 20.3 Å². The summed E-state index contributed by atoms with van der Waals surface area (Å²) in [5, 5.41) is 9.55. The summed E-state index contributed by atoms with van der Waals surface area (Å²) in [5.74, 6) is -0.0180. The highest BCUT2D eigenvalue weighted by atomic mass is 16.1. The molecule has 112 valence electrons. The summed E-state index contributed by atoms with van der Waals surface area (Å²) in [7, 11) is 1.90. The monoisotopic (exact) mass is 293 g/mol. The SMILES string of the molecule is Cc1nn(C)c(C)c1CC(=O)Nc1cccc2ccccc12. The Morgan fingerprint density at radius 1 is 1.14 bits per heavy atom. The smallest absolute Gasteiger partial charge is 0.228 e. The minimum atomic E-state index is -0.0180. The molecule has 0 aliphatic rings. The summed E-state index contributed by atoms with van der Waals surface area (Å²) >= 11 is 0. The van der Waals surface area contributed by atoms with Crippen LogP contribution in [0.5, 0.6) is 0 Å². The molecule has 0 radical (unpaired) electrons. The lowest BCUT2D eigenvalue weighted by molar-refractivity contribution is -0.115. The predicted octanol–water partition coefficient (Wildman–Crippen LogP) is 3.37. The Morgan fingerprint density at radius 2 is 1.86 bits per heavy atom. The Hall–Kier alpha value is -2.62. The van der Waals surface area contributed by atoms with Gasteiger partial charge in [-0.3, -0.25) is 9.48 Å².